The molecule has 1 aromatic carbocycles. The van der Waals surface area contributed by atoms with E-state index < -0.39 is 11.7 Å². The molecule has 2 heterocycles. The highest BCUT2D eigenvalue weighted by molar-refractivity contribution is 5.76. The molecular weight excluding hydrogens is 459 g/mol. The summed E-state index contributed by atoms with van der Waals surface area (Å²) in [5.41, 5.74) is 1.80. The largest absolute Gasteiger partial charge is 0.469 e. The summed E-state index contributed by atoms with van der Waals surface area (Å²) in [6, 6.07) is 8.61. The molecule has 0 amide bonds. The zero-order chi connectivity index (χ0) is 25.6. The number of rotatable bonds is 9. The summed E-state index contributed by atoms with van der Waals surface area (Å²) in [6.45, 7) is 8.45. The molecule has 1 aliphatic heterocycles. The van der Waals surface area contributed by atoms with Gasteiger partial charge in [0.15, 0.2) is 0 Å². The van der Waals surface area contributed by atoms with E-state index in [0.29, 0.717) is 24.9 Å². The predicted molar refractivity (Wildman–Crippen MR) is 130 cm³/mol. The van der Waals surface area contributed by atoms with Crippen molar-refractivity contribution in [2.24, 2.45) is 5.92 Å². The zero-order valence-corrected chi connectivity index (χ0v) is 20.7. The van der Waals surface area contributed by atoms with Crippen LogP contribution in [0.25, 0.3) is 0 Å². The molecule has 1 aromatic heterocycles. The van der Waals surface area contributed by atoms with Gasteiger partial charge in [0.2, 0.25) is 0 Å². The minimum absolute atomic E-state index is 0.0979. The van der Waals surface area contributed by atoms with Crippen LogP contribution in [-0.2, 0) is 20.4 Å². The minimum atomic E-state index is -4.45. The number of hydrogen-bond acceptors (Lipinski definition) is 6. The van der Waals surface area contributed by atoms with Gasteiger partial charge in [-0.1, -0.05) is 26.8 Å². The number of esters is 1. The van der Waals surface area contributed by atoms with Crippen LogP contribution in [0.15, 0.2) is 36.5 Å². The first-order valence-corrected chi connectivity index (χ1v) is 11.9. The molecule has 0 unspecified atom stereocenters. The minimum Gasteiger partial charge on any atom is -0.469 e. The van der Waals surface area contributed by atoms with E-state index in [1.165, 1.54) is 13.2 Å². The molecule has 9 heteroatoms. The number of alkyl halides is 3. The Morgan fingerprint density at radius 3 is 2.49 bits per heavy atom. The molecule has 1 N–H and O–H groups in total. The molecule has 0 aliphatic carbocycles. The molecular formula is C26H34F3N3O3. The van der Waals surface area contributed by atoms with Crippen molar-refractivity contribution in [1.29, 1.82) is 0 Å². The highest BCUT2D eigenvalue weighted by Crippen LogP contribution is 2.36. The van der Waals surface area contributed by atoms with E-state index in [0.717, 1.165) is 48.6 Å². The quantitative estimate of drug-likeness (QED) is 0.423. The number of carbonyl (C=O) groups excluding carboxylic acids is 1. The molecule has 0 saturated carbocycles. The number of methoxy groups -OCH3 is 1. The second-order valence-electron chi connectivity index (χ2n) is 9.40. The van der Waals surface area contributed by atoms with Gasteiger partial charge in [0.05, 0.1) is 30.5 Å². The fraction of sp³-hybridized carbons (Fsp3) is 0.538. The summed E-state index contributed by atoms with van der Waals surface area (Å²) < 4.78 is 49.4. The van der Waals surface area contributed by atoms with Crippen molar-refractivity contribution in [3.05, 3.63) is 47.7 Å². The average Bonchev–Trinajstić information content (AvgIpc) is 2.82. The number of anilines is 3. The highest BCUT2D eigenvalue weighted by atomic mass is 19.4. The second kappa shape index (κ2) is 11.7. The van der Waals surface area contributed by atoms with E-state index in [2.05, 4.69) is 29.0 Å². The van der Waals surface area contributed by atoms with Crippen molar-refractivity contribution in [2.75, 3.05) is 37.1 Å². The Hall–Kier alpha value is -2.81. The van der Waals surface area contributed by atoms with Crippen molar-refractivity contribution in [3.8, 4) is 0 Å². The molecule has 35 heavy (non-hydrogen) atoms. The molecule has 1 saturated heterocycles. The Morgan fingerprint density at radius 1 is 1.20 bits per heavy atom. The molecule has 192 valence electrons. The van der Waals surface area contributed by atoms with Gasteiger partial charge < -0.3 is 19.7 Å². The number of carbonyl (C=O) groups is 1. The maximum atomic E-state index is 13.0. The van der Waals surface area contributed by atoms with Gasteiger partial charge in [-0.25, -0.2) is 4.98 Å². The van der Waals surface area contributed by atoms with Gasteiger partial charge in [-0.05, 0) is 54.5 Å². The van der Waals surface area contributed by atoms with Gasteiger partial charge in [0.1, 0.15) is 5.82 Å². The molecule has 0 bridgehead atoms. The molecule has 0 spiro atoms. The maximum absolute atomic E-state index is 13.0. The number of nitrogens with one attached hydrogen (secondary N) is 1. The first kappa shape index (κ1) is 26.8. The molecule has 0 radical (unpaired) electrons. The fourth-order valence-electron chi connectivity index (χ4n) is 4.27. The first-order valence-electron chi connectivity index (χ1n) is 11.9. The van der Waals surface area contributed by atoms with Crippen LogP contribution in [0, 0.1) is 5.92 Å². The van der Waals surface area contributed by atoms with Crippen molar-refractivity contribution in [1.82, 2.24) is 4.98 Å². The van der Waals surface area contributed by atoms with Gasteiger partial charge >= 0.3 is 12.1 Å². The summed E-state index contributed by atoms with van der Waals surface area (Å²) in [5.74, 6) is 0.310. The fourth-order valence-corrected chi connectivity index (χ4v) is 4.27. The smallest absolute Gasteiger partial charge is 0.417 e. The van der Waals surface area contributed by atoms with E-state index in [1.54, 1.807) is 0 Å². The lowest BCUT2D eigenvalue weighted by atomic mass is 9.95. The normalized spacial score (nSPS) is 15.7. The molecule has 2 aromatic rings. The van der Waals surface area contributed by atoms with E-state index >= 15 is 0 Å². The summed E-state index contributed by atoms with van der Waals surface area (Å²) >= 11 is 0. The average molecular weight is 494 g/mol. The van der Waals surface area contributed by atoms with Crippen LogP contribution in [0.4, 0.5) is 30.4 Å². The van der Waals surface area contributed by atoms with E-state index in [4.69, 9.17) is 9.47 Å². The van der Waals surface area contributed by atoms with Crippen LogP contribution in [0.3, 0.4) is 0 Å². The SMILES string of the molecule is COC(=O)C[C@@H](C)c1ccc(N(CC(C)C)C2CCOCC2)c(Nc2ccc(C(F)(F)F)cn2)c1. The van der Waals surface area contributed by atoms with Gasteiger partial charge in [0, 0.05) is 32.0 Å². The van der Waals surface area contributed by atoms with Gasteiger partial charge in [0.25, 0.3) is 0 Å². The van der Waals surface area contributed by atoms with Crippen molar-refractivity contribution >= 4 is 23.2 Å². The third-order valence-corrected chi connectivity index (χ3v) is 6.15. The van der Waals surface area contributed by atoms with Gasteiger partial charge in [-0.3, -0.25) is 4.79 Å². The number of aromatic nitrogens is 1. The van der Waals surface area contributed by atoms with Crippen LogP contribution in [0.2, 0.25) is 0 Å². The Labute approximate surface area is 204 Å². The van der Waals surface area contributed by atoms with Crippen LogP contribution in [-0.4, -0.2) is 43.9 Å². The summed E-state index contributed by atoms with van der Waals surface area (Å²) in [4.78, 5) is 18.2. The number of hydrogen-bond donors (Lipinski definition) is 1. The van der Waals surface area contributed by atoms with Gasteiger partial charge in [-0.15, -0.1) is 0 Å². The van der Waals surface area contributed by atoms with E-state index in [1.807, 2.05) is 25.1 Å². The van der Waals surface area contributed by atoms with Crippen molar-refractivity contribution in [3.63, 3.8) is 0 Å². The molecule has 1 aliphatic rings. The standard InChI is InChI=1S/C26H34F3N3O3/c1-17(2)16-32(21-9-11-35-12-10-21)23-7-5-19(18(3)13-25(33)34-4)14-22(23)31-24-8-6-20(15-30-24)26(27,28)29/h5-8,14-15,17-18,21H,9-13,16H2,1-4H3,(H,30,31)/t18-/m1/s1. The Bertz CT molecular complexity index is 974. The third kappa shape index (κ3) is 7.34. The Balaban J connectivity index is 2.00. The van der Waals surface area contributed by atoms with Crippen LogP contribution < -0.4 is 10.2 Å². The summed E-state index contributed by atoms with van der Waals surface area (Å²) in [7, 11) is 1.36. The lowest BCUT2D eigenvalue weighted by molar-refractivity contribution is -0.141. The topological polar surface area (TPSA) is 63.7 Å². The lowest BCUT2D eigenvalue weighted by Crippen LogP contribution is -2.42. The van der Waals surface area contributed by atoms with E-state index in [-0.39, 0.29) is 24.3 Å². The van der Waals surface area contributed by atoms with Crippen molar-refractivity contribution < 1.29 is 27.4 Å². The maximum Gasteiger partial charge on any atom is 0.417 e. The summed E-state index contributed by atoms with van der Waals surface area (Å²) in [5, 5.41) is 3.24. The number of nitrogens with zero attached hydrogens (tertiary/aromatic N) is 2. The third-order valence-electron chi connectivity index (χ3n) is 6.15. The highest BCUT2D eigenvalue weighted by Gasteiger charge is 2.31. The predicted octanol–water partition coefficient (Wildman–Crippen LogP) is 6.15. The van der Waals surface area contributed by atoms with Crippen LogP contribution >= 0.6 is 0 Å². The Kier molecular flexibility index (Phi) is 8.99. The van der Waals surface area contributed by atoms with Crippen LogP contribution in [0.1, 0.15) is 57.1 Å². The summed E-state index contributed by atoms with van der Waals surface area (Å²) in [6.07, 6.45) is -1.60. The number of halogens is 3. The molecule has 1 atom stereocenters. The first-order chi connectivity index (χ1) is 16.6. The molecule has 3 rings (SSSR count). The zero-order valence-electron chi connectivity index (χ0n) is 20.7. The molecule has 1 fully saturated rings. The number of benzene rings is 1. The molecule has 6 nitrogen and oxygen atoms in total. The number of pyridine rings is 1. The Morgan fingerprint density at radius 2 is 1.91 bits per heavy atom. The van der Waals surface area contributed by atoms with Crippen LogP contribution in [0.5, 0.6) is 0 Å². The number of ether oxygens (including phenoxy) is 2. The second-order valence-corrected chi connectivity index (χ2v) is 9.40. The van der Waals surface area contributed by atoms with Crippen molar-refractivity contribution in [2.45, 2.75) is 58.2 Å². The van der Waals surface area contributed by atoms with E-state index in [9.17, 15) is 18.0 Å². The van der Waals surface area contributed by atoms with Gasteiger partial charge in [-0.2, -0.15) is 13.2 Å². The monoisotopic (exact) mass is 493 g/mol. The lowest BCUT2D eigenvalue weighted by Gasteiger charge is -2.38.